The Kier molecular flexibility index (Phi) is 5.49. The molecular weight excluding hydrogens is 356 g/mol. The summed E-state index contributed by atoms with van der Waals surface area (Å²) in [5.41, 5.74) is 9.14. The summed E-state index contributed by atoms with van der Waals surface area (Å²) < 4.78 is 15.7. The number of nitrogen functional groups attached to an aromatic ring is 1. The lowest BCUT2D eigenvalue weighted by Gasteiger charge is -2.07. The summed E-state index contributed by atoms with van der Waals surface area (Å²) in [5, 5.41) is 6.46. The van der Waals surface area contributed by atoms with Crippen molar-refractivity contribution in [3.8, 4) is 5.75 Å². The van der Waals surface area contributed by atoms with Crippen molar-refractivity contribution in [3.05, 3.63) is 58.9 Å². The van der Waals surface area contributed by atoms with E-state index in [2.05, 4.69) is 20.2 Å². The lowest BCUT2D eigenvalue weighted by Crippen LogP contribution is -2.00. The fraction of sp³-hybridized carbons (Fsp3) is 0.118. The molecule has 8 nitrogen and oxygen atoms in total. The first kappa shape index (κ1) is 17.5. The van der Waals surface area contributed by atoms with E-state index in [0.717, 1.165) is 5.56 Å². The number of ether oxygens (including phenoxy) is 2. The van der Waals surface area contributed by atoms with Gasteiger partial charge in [-0.1, -0.05) is 12.1 Å². The molecule has 2 aromatic heterocycles. The van der Waals surface area contributed by atoms with E-state index in [9.17, 15) is 4.79 Å². The molecule has 0 amide bonds. The maximum Gasteiger partial charge on any atom is 0.373 e. The van der Waals surface area contributed by atoms with Gasteiger partial charge in [0.25, 0.3) is 0 Å². The first-order valence-electron chi connectivity index (χ1n) is 7.54. The van der Waals surface area contributed by atoms with E-state index >= 15 is 0 Å². The quantitative estimate of drug-likeness (QED) is 0.372. The number of nitrogens with two attached hydrogens (primary N) is 1. The van der Waals surface area contributed by atoms with Crippen LogP contribution in [0.15, 0.2) is 51.3 Å². The topological polar surface area (TPSA) is 112 Å². The van der Waals surface area contributed by atoms with Gasteiger partial charge in [-0.15, -0.1) is 11.3 Å². The van der Waals surface area contributed by atoms with Crippen molar-refractivity contribution < 1.29 is 18.7 Å². The molecule has 0 aliphatic rings. The van der Waals surface area contributed by atoms with E-state index in [1.807, 2.05) is 24.3 Å². The first-order chi connectivity index (χ1) is 12.7. The molecule has 134 valence electrons. The van der Waals surface area contributed by atoms with Gasteiger partial charge in [0, 0.05) is 10.9 Å². The Bertz CT molecular complexity index is 919. The number of aromatic nitrogens is 1. The molecule has 0 spiro atoms. The summed E-state index contributed by atoms with van der Waals surface area (Å²) in [4.78, 5) is 15.5. The third-order valence-corrected chi connectivity index (χ3v) is 3.99. The molecule has 0 bridgehead atoms. The number of hydrogen-bond donors (Lipinski definition) is 2. The molecule has 0 radical (unpaired) electrons. The molecule has 3 N–H and O–H groups in total. The van der Waals surface area contributed by atoms with Gasteiger partial charge in [-0.25, -0.2) is 9.78 Å². The van der Waals surface area contributed by atoms with Gasteiger partial charge in [-0.3, -0.25) is 5.43 Å². The smallest absolute Gasteiger partial charge is 0.373 e. The summed E-state index contributed by atoms with van der Waals surface area (Å²) in [7, 11) is 1.30. The van der Waals surface area contributed by atoms with Crippen molar-refractivity contribution >= 4 is 34.5 Å². The zero-order valence-electron chi connectivity index (χ0n) is 13.8. The maximum absolute atomic E-state index is 11.4. The van der Waals surface area contributed by atoms with Crippen LogP contribution in [0.2, 0.25) is 0 Å². The van der Waals surface area contributed by atoms with Crippen LogP contribution in [-0.4, -0.2) is 24.3 Å². The molecule has 0 unspecified atom stereocenters. The van der Waals surface area contributed by atoms with Gasteiger partial charge in [-0.2, -0.15) is 5.10 Å². The van der Waals surface area contributed by atoms with Gasteiger partial charge < -0.3 is 19.6 Å². The molecule has 3 aromatic rings. The number of nitrogens with one attached hydrogen (secondary N) is 1. The Balaban J connectivity index is 1.63. The van der Waals surface area contributed by atoms with Gasteiger partial charge >= 0.3 is 5.97 Å². The number of carbonyl (C=O) groups excluding carboxylic acids is 1. The van der Waals surface area contributed by atoms with E-state index in [-0.39, 0.29) is 12.4 Å². The second kappa shape index (κ2) is 8.17. The van der Waals surface area contributed by atoms with E-state index in [4.69, 9.17) is 14.9 Å². The van der Waals surface area contributed by atoms with Crippen LogP contribution >= 0.6 is 11.3 Å². The van der Waals surface area contributed by atoms with Crippen molar-refractivity contribution in [1.29, 1.82) is 0 Å². The monoisotopic (exact) mass is 372 g/mol. The van der Waals surface area contributed by atoms with Crippen molar-refractivity contribution in [2.45, 2.75) is 6.61 Å². The highest BCUT2D eigenvalue weighted by atomic mass is 32.1. The molecule has 0 atom stereocenters. The zero-order valence-corrected chi connectivity index (χ0v) is 14.7. The van der Waals surface area contributed by atoms with Crippen LogP contribution in [0, 0.1) is 0 Å². The van der Waals surface area contributed by atoms with Gasteiger partial charge in [0.15, 0.2) is 0 Å². The number of thiazole rings is 1. The molecule has 0 aliphatic heterocycles. The normalized spacial score (nSPS) is 10.8. The van der Waals surface area contributed by atoms with E-state index in [0.29, 0.717) is 22.5 Å². The standard InChI is InChI=1S/C17H16N4O4S/c1-23-16(22)14-7-6-12(25-14)9-24-13-5-3-2-4-11(13)8-19-21-17-20-15(18)10-26-17/h2-8,10H,9,18H2,1H3,(H,20,21). The average molecular weight is 372 g/mol. The van der Waals surface area contributed by atoms with Crippen LogP contribution in [0.5, 0.6) is 5.75 Å². The van der Waals surface area contributed by atoms with Gasteiger partial charge in [0.05, 0.1) is 13.3 Å². The number of methoxy groups -OCH3 is 1. The molecule has 26 heavy (non-hydrogen) atoms. The number of para-hydroxylation sites is 1. The molecule has 0 fully saturated rings. The minimum Gasteiger partial charge on any atom is -0.485 e. The third kappa shape index (κ3) is 4.39. The molecule has 0 aliphatic carbocycles. The third-order valence-electron chi connectivity index (χ3n) is 3.22. The Morgan fingerprint density at radius 2 is 2.23 bits per heavy atom. The number of furan rings is 1. The number of hydrogen-bond acceptors (Lipinski definition) is 9. The predicted molar refractivity (Wildman–Crippen MR) is 98.6 cm³/mol. The maximum atomic E-state index is 11.4. The fourth-order valence-electron chi connectivity index (χ4n) is 2.03. The van der Waals surface area contributed by atoms with E-state index < -0.39 is 5.97 Å². The summed E-state index contributed by atoms with van der Waals surface area (Å²) in [6.45, 7) is 0.165. The summed E-state index contributed by atoms with van der Waals surface area (Å²) in [6, 6.07) is 10.6. The predicted octanol–water partition coefficient (Wildman–Crippen LogP) is 3.13. The Morgan fingerprint density at radius 3 is 3.00 bits per heavy atom. The molecule has 9 heteroatoms. The van der Waals surface area contributed by atoms with Gasteiger partial charge in [0.1, 0.15) is 23.9 Å². The number of esters is 1. The van der Waals surface area contributed by atoms with Crippen molar-refractivity contribution in [3.63, 3.8) is 0 Å². The zero-order chi connectivity index (χ0) is 18.4. The lowest BCUT2D eigenvalue weighted by atomic mass is 10.2. The second-order valence-corrected chi connectivity index (χ2v) is 5.89. The van der Waals surface area contributed by atoms with Crippen LogP contribution in [0.4, 0.5) is 10.9 Å². The molecular formula is C17H16N4O4S. The minimum atomic E-state index is -0.530. The first-order valence-corrected chi connectivity index (χ1v) is 8.42. The summed E-state index contributed by atoms with van der Waals surface area (Å²) in [5.74, 6) is 1.17. The highest BCUT2D eigenvalue weighted by Crippen LogP contribution is 2.20. The second-order valence-electron chi connectivity index (χ2n) is 5.03. The van der Waals surface area contributed by atoms with Crippen LogP contribution in [0.3, 0.4) is 0 Å². The van der Waals surface area contributed by atoms with Gasteiger partial charge in [0.2, 0.25) is 10.9 Å². The Morgan fingerprint density at radius 1 is 1.38 bits per heavy atom. The van der Waals surface area contributed by atoms with Crippen LogP contribution in [-0.2, 0) is 11.3 Å². The number of rotatable bonds is 7. The SMILES string of the molecule is COC(=O)c1ccc(COc2ccccc2C=NNc2nc(N)cs2)o1. The van der Waals surface area contributed by atoms with Crippen LogP contribution in [0.1, 0.15) is 21.9 Å². The fourth-order valence-corrected chi connectivity index (χ4v) is 2.58. The average Bonchev–Trinajstić information content (AvgIpc) is 3.29. The summed E-state index contributed by atoms with van der Waals surface area (Å²) >= 11 is 1.36. The van der Waals surface area contributed by atoms with E-state index in [1.165, 1.54) is 18.4 Å². The molecule has 0 saturated carbocycles. The van der Waals surface area contributed by atoms with E-state index in [1.54, 1.807) is 23.7 Å². The Hall–Kier alpha value is -3.33. The number of anilines is 2. The number of carbonyl (C=O) groups is 1. The minimum absolute atomic E-state index is 0.132. The van der Waals surface area contributed by atoms with Crippen molar-refractivity contribution in [2.24, 2.45) is 5.10 Å². The van der Waals surface area contributed by atoms with Gasteiger partial charge in [-0.05, 0) is 24.3 Å². The summed E-state index contributed by atoms with van der Waals surface area (Å²) in [6.07, 6.45) is 1.62. The highest BCUT2D eigenvalue weighted by Gasteiger charge is 2.11. The molecule has 2 heterocycles. The highest BCUT2D eigenvalue weighted by molar-refractivity contribution is 7.14. The Labute approximate surface area is 153 Å². The number of nitrogens with zero attached hydrogens (tertiary/aromatic N) is 2. The van der Waals surface area contributed by atoms with Crippen LogP contribution < -0.4 is 15.9 Å². The number of benzene rings is 1. The van der Waals surface area contributed by atoms with Crippen LogP contribution in [0.25, 0.3) is 0 Å². The van der Waals surface area contributed by atoms with Crippen molar-refractivity contribution in [2.75, 3.05) is 18.3 Å². The number of hydrazone groups is 1. The molecule has 0 saturated heterocycles. The molecule has 3 rings (SSSR count). The molecule has 1 aromatic carbocycles. The largest absolute Gasteiger partial charge is 0.485 e. The van der Waals surface area contributed by atoms with Crippen molar-refractivity contribution in [1.82, 2.24) is 4.98 Å². The lowest BCUT2D eigenvalue weighted by molar-refractivity contribution is 0.0561.